The molecule has 2 heterocycles. The van der Waals surface area contributed by atoms with Gasteiger partial charge in [-0.3, -0.25) is 0 Å². The number of sulfonamides is 1. The summed E-state index contributed by atoms with van der Waals surface area (Å²) < 4.78 is 48.4. The van der Waals surface area contributed by atoms with Crippen molar-refractivity contribution in [3.05, 3.63) is 18.2 Å². The predicted molar refractivity (Wildman–Crippen MR) is 61.4 cm³/mol. The van der Waals surface area contributed by atoms with Crippen molar-refractivity contribution in [3.8, 4) is 0 Å². The Morgan fingerprint density at radius 3 is 2.82 bits per heavy atom. The molecule has 1 aliphatic heterocycles. The summed E-state index contributed by atoms with van der Waals surface area (Å²) in [5.74, 6) is 0.147. The molecule has 0 radical (unpaired) electrons. The average molecular weight is 279 g/mol. The van der Waals surface area contributed by atoms with Crippen LogP contribution < -0.4 is 4.72 Å². The molecule has 1 saturated heterocycles. The zero-order valence-corrected chi connectivity index (χ0v) is 10.6. The smallest absolute Gasteiger partial charge is 0.215 e. The Morgan fingerprint density at radius 1 is 1.53 bits per heavy atom. The summed E-state index contributed by atoms with van der Waals surface area (Å²) in [5, 5.41) is -0.845. The SMILES string of the molecule is O=S1(=O)CCC(S(=O)(=O)NCc2ncc[nH]2)C1. The van der Waals surface area contributed by atoms with Crippen LogP contribution in [0.2, 0.25) is 0 Å². The third-order valence-corrected chi connectivity index (χ3v) is 6.43. The van der Waals surface area contributed by atoms with E-state index in [1.807, 2.05) is 0 Å². The summed E-state index contributed by atoms with van der Waals surface area (Å²) in [5.41, 5.74) is 0. The van der Waals surface area contributed by atoms with Crippen LogP contribution in [-0.2, 0) is 26.4 Å². The quantitative estimate of drug-likeness (QED) is 0.736. The largest absolute Gasteiger partial charge is 0.347 e. The number of hydrogen-bond acceptors (Lipinski definition) is 5. The zero-order valence-electron chi connectivity index (χ0n) is 8.96. The fourth-order valence-electron chi connectivity index (χ4n) is 1.69. The topological polar surface area (TPSA) is 109 Å². The van der Waals surface area contributed by atoms with E-state index in [-0.39, 0.29) is 24.5 Å². The van der Waals surface area contributed by atoms with Gasteiger partial charge in [0.25, 0.3) is 0 Å². The minimum atomic E-state index is -3.60. The van der Waals surface area contributed by atoms with Gasteiger partial charge in [0.2, 0.25) is 10.0 Å². The predicted octanol–water partition coefficient (Wildman–Crippen LogP) is -0.984. The normalized spacial score (nSPS) is 23.9. The summed E-state index contributed by atoms with van der Waals surface area (Å²) in [7, 11) is -6.79. The number of rotatable bonds is 4. The van der Waals surface area contributed by atoms with Crippen LogP contribution in [-0.4, -0.2) is 43.6 Å². The van der Waals surface area contributed by atoms with E-state index in [1.165, 1.54) is 6.20 Å². The van der Waals surface area contributed by atoms with E-state index < -0.39 is 25.1 Å². The van der Waals surface area contributed by atoms with Crippen molar-refractivity contribution in [3.63, 3.8) is 0 Å². The fourth-order valence-corrected chi connectivity index (χ4v) is 5.72. The molecule has 0 saturated carbocycles. The molecule has 0 spiro atoms. The van der Waals surface area contributed by atoms with Crippen LogP contribution >= 0.6 is 0 Å². The van der Waals surface area contributed by atoms with Crippen molar-refractivity contribution >= 4 is 19.9 Å². The highest BCUT2D eigenvalue weighted by Crippen LogP contribution is 2.18. The molecule has 0 aromatic carbocycles. The van der Waals surface area contributed by atoms with Gasteiger partial charge in [-0.2, -0.15) is 0 Å². The zero-order chi connectivity index (χ0) is 12.5. The first-order chi connectivity index (χ1) is 7.89. The lowest BCUT2D eigenvalue weighted by Gasteiger charge is -2.10. The standard InChI is InChI=1S/C8H13N3O4S2/c12-16(13)4-1-7(6-16)17(14,15)11-5-8-9-2-3-10-8/h2-3,7,11H,1,4-6H2,(H,9,10). The van der Waals surface area contributed by atoms with Gasteiger partial charge in [0.05, 0.1) is 23.3 Å². The molecule has 2 N–H and O–H groups in total. The molecule has 96 valence electrons. The molecule has 0 bridgehead atoms. The Labute approximate surface area is 99.6 Å². The van der Waals surface area contributed by atoms with E-state index in [0.717, 1.165) is 0 Å². The van der Waals surface area contributed by atoms with Crippen molar-refractivity contribution in [2.75, 3.05) is 11.5 Å². The molecule has 2 rings (SSSR count). The molecular formula is C8H13N3O4S2. The summed E-state index contributed by atoms with van der Waals surface area (Å²) >= 11 is 0. The van der Waals surface area contributed by atoms with Crippen LogP contribution in [0.1, 0.15) is 12.2 Å². The molecule has 9 heteroatoms. The van der Waals surface area contributed by atoms with Gasteiger partial charge in [-0.05, 0) is 6.42 Å². The third-order valence-electron chi connectivity index (χ3n) is 2.63. The molecule has 1 aromatic rings. The Kier molecular flexibility index (Phi) is 3.23. The maximum atomic E-state index is 11.8. The van der Waals surface area contributed by atoms with Gasteiger partial charge in [0, 0.05) is 12.4 Å². The van der Waals surface area contributed by atoms with E-state index in [4.69, 9.17) is 0 Å². The first kappa shape index (κ1) is 12.5. The monoisotopic (exact) mass is 279 g/mol. The second-order valence-corrected chi connectivity index (χ2v) is 8.20. The van der Waals surface area contributed by atoms with Gasteiger partial charge in [0.1, 0.15) is 5.82 Å². The van der Waals surface area contributed by atoms with E-state index in [2.05, 4.69) is 14.7 Å². The first-order valence-electron chi connectivity index (χ1n) is 5.06. The molecule has 1 unspecified atom stereocenters. The number of hydrogen-bond donors (Lipinski definition) is 2. The third kappa shape index (κ3) is 3.05. The van der Waals surface area contributed by atoms with Crippen LogP contribution in [0.25, 0.3) is 0 Å². The minimum Gasteiger partial charge on any atom is -0.347 e. The summed E-state index contributed by atoms with van der Waals surface area (Å²) in [4.78, 5) is 6.63. The second kappa shape index (κ2) is 4.39. The van der Waals surface area contributed by atoms with Crippen molar-refractivity contribution in [1.82, 2.24) is 14.7 Å². The van der Waals surface area contributed by atoms with Crippen molar-refractivity contribution in [1.29, 1.82) is 0 Å². The minimum absolute atomic E-state index is 0.0475. The van der Waals surface area contributed by atoms with Crippen LogP contribution in [0.5, 0.6) is 0 Å². The molecule has 1 aliphatic rings. The molecule has 1 fully saturated rings. The Balaban J connectivity index is 2.00. The van der Waals surface area contributed by atoms with E-state index in [9.17, 15) is 16.8 Å². The molecule has 17 heavy (non-hydrogen) atoms. The van der Waals surface area contributed by atoms with Gasteiger partial charge >= 0.3 is 0 Å². The highest BCUT2D eigenvalue weighted by molar-refractivity contribution is 7.95. The van der Waals surface area contributed by atoms with Crippen LogP contribution in [0, 0.1) is 0 Å². The number of sulfone groups is 1. The number of aromatic amines is 1. The number of nitrogens with one attached hydrogen (secondary N) is 2. The molecule has 0 amide bonds. The lowest BCUT2D eigenvalue weighted by atomic mass is 10.4. The lowest BCUT2D eigenvalue weighted by Crippen LogP contribution is -2.34. The summed E-state index contributed by atoms with van der Waals surface area (Å²) in [6.45, 7) is 0.0475. The van der Waals surface area contributed by atoms with Crippen molar-refractivity contribution in [2.24, 2.45) is 0 Å². The second-order valence-electron chi connectivity index (χ2n) is 3.93. The molecule has 7 nitrogen and oxygen atoms in total. The number of H-pyrrole nitrogens is 1. The summed E-state index contributed by atoms with van der Waals surface area (Å²) in [6.07, 6.45) is 3.27. The first-order valence-corrected chi connectivity index (χ1v) is 8.43. The maximum absolute atomic E-state index is 11.8. The van der Waals surface area contributed by atoms with Crippen molar-refractivity contribution < 1.29 is 16.8 Å². The van der Waals surface area contributed by atoms with Gasteiger partial charge in [-0.1, -0.05) is 0 Å². The Hall–Kier alpha value is -0.930. The van der Waals surface area contributed by atoms with Gasteiger partial charge in [-0.25, -0.2) is 26.5 Å². The van der Waals surface area contributed by atoms with E-state index >= 15 is 0 Å². The van der Waals surface area contributed by atoms with Crippen LogP contribution in [0.4, 0.5) is 0 Å². The number of imidazole rings is 1. The van der Waals surface area contributed by atoms with Crippen LogP contribution in [0.3, 0.4) is 0 Å². The maximum Gasteiger partial charge on any atom is 0.215 e. The van der Waals surface area contributed by atoms with Gasteiger partial charge in [0.15, 0.2) is 9.84 Å². The van der Waals surface area contributed by atoms with E-state index in [1.54, 1.807) is 6.20 Å². The average Bonchev–Trinajstić information content (AvgIpc) is 2.84. The highest BCUT2D eigenvalue weighted by Gasteiger charge is 2.36. The van der Waals surface area contributed by atoms with Gasteiger partial charge < -0.3 is 4.98 Å². The Morgan fingerprint density at radius 2 is 2.29 bits per heavy atom. The molecule has 1 aromatic heterocycles. The lowest BCUT2D eigenvalue weighted by molar-refractivity contribution is 0.566. The molecule has 0 aliphatic carbocycles. The van der Waals surface area contributed by atoms with E-state index in [0.29, 0.717) is 5.82 Å². The number of aromatic nitrogens is 2. The highest BCUT2D eigenvalue weighted by atomic mass is 32.2. The summed E-state index contributed by atoms with van der Waals surface area (Å²) in [6, 6.07) is 0. The van der Waals surface area contributed by atoms with Crippen molar-refractivity contribution in [2.45, 2.75) is 18.2 Å². The van der Waals surface area contributed by atoms with Gasteiger partial charge in [-0.15, -0.1) is 0 Å². The van der Waals surface area contributed by atoms with Crippen LogP contribution in [0.15, 0.2) is 12.4 Å². The number of nitrogens with zero attached hydrogens (tertiary/aromatic N) is 1. The fraction of sp³-hybridized carbons (Fsp3) is 0.625. The molecular weight excluding hydrogens is 266 g/mol. The Bertz CT molecular complexity index is 576. The molecule has 1 atom stereocenters.